The first kappa shape index (κ1) is 9.90. The Balaban J connectivity index is 1.80. The molecule has 86 valence electrons. The van der Waals surface area contributed by atoms with Crippen LogP contribution in [0.25, 0.3) is 0 Å². The Kier molecular flexibility index (Phi) is 2.24. The highest BCUT2D eigenvalue weighted by atomic mass is 16.2. The smallest absolute Gasteiger partial charge is 0.270 e. The molecule has 2 aliphatic rings. The van der Waals surface area contributed by atoms with Gasteiger partial charge in [-0.2, -0.15) is 0 Å². The molecule has 1 amide bonds. The second kappa shape index (κ2) is 3.63. The number of aromatic nitrogens is 1. The predicted molar refractivity (Wildman–Crippen MR) is 61.2 cm³/mol. The highest BCUT2D eigenvalue weighted by Crippen LogP contribution is 2.36. The largest absolute Gasteiger partial charge is 0.340 e. The molecule has 1 unspecified atom stereocenters. The van der Waals surface area contributed by atoms with Gasteiger partial charge in [0.05, 0.1) is 0 Å². The lowest BCUT2D eigenvalue weighted by Gasteiger charge is -2.17. The van der Waals surface area contributed by atoms with E-state index in [0.29, 0.717) is 12.6 Å². The van der Waals surface area contributed by atoms with Crippen LogP contribution in [0.15, 0.2) is 18.3 Å². The summed E-state index contributed by atoms with van der Waals surface area (Å²) in [5.74, 6) is 0.143. The van der Waals surface area contributed by atoms with Gasteiger partial charge in [0.15, 0.2) is 0 Å². The van der Waals surface area contributed by atoms with E-state index < -0.39 is 0 Å². The van der Waals surface area contributed by atoms with Gasteiger partial charge < -0.3 is 15.2 Å². The van der Waals surface area contributed by atoms with Crippen molar-refractivity contribution in [3.05, 3.63) is 24.0 Å². The lowest BCUT2D eigenvalue weighted by molar-refractivity contribution is 0.0780. The number of carbonyl (C=O) groups excluding carboxylic acids is 1. The second-order valence-corrected chi connectivity index (χ2v) is 4.83. The van der Waals surface area contributed by atoms with E-state index in [1.165, 1.54) is 12.8 Å². The molecule has 2 fully saturated rings. The molecular formula is C12H17N3O. The molecule has 1 aliphatic heterocycles. The van der Waals surface area contributed by atoms with E-state index in [1.807, 2.05) is 23.2 Å². The summed E-state index contributed by atoms with van der Waals surface area (Å²) in [6, 6.07) is 4.60. The van der Waals surface area contributed by atoms with Crippen LogP contribution in [0.2, 0.25) is 0 Å². The van der Waals surface area contributed by atoms with Gasteiger partial charge in [-0.1, -0.05) is 0 Å². The van der Waals surface area contributed by atoms with Crippen LogP contribution in [-0.2, 0) is 0 Å². The molecule has 1 saturated carbocycles. The zero-order valence-electron chi connectivity index (χ0n) is 9.30. The minimum atomic E-state index is 0.143. The maximum atomic E-state index is 12.3. The lowest BCUT2D eigenvalue weighted by Crippen LogP contribution is -2.33. The molecule has 2 N–H and O–H groups in total. The standard InChI is InChI=1S/C12H17N3O/c13-9-5-7-14(8-9)12(16)11-2-1-6-15(11)10-3-4-10/h1-2,6,9-10H,3-5,7-8,13H2. The van der Waals surface area contributed by atoms with Crippen LogP contribution in [0.4, 0.5) is 0 Å². The molecule has 1 aromatic rings. The van der Waals surface area contributed by atoms with Crippen molar-refractivity contribution >= 4 is 5.91 Å². The Morgan fingerprint density at radius 3 is 2.81 bits per heavy atom. The van der Waals surface area contributed by atoms with Crippen LogP contribution >= 0.6 is 0 Å². The van der Waals surface area contributed by atoms with Gasteiger partial charge in [0, 0.05) is 31.4 Å². The summed E-state index contributed by atoms with van der Waals surface area (Å²) in [5.41, 5.74) is 6.66. The van der Waals surface area contributed by atoms with Gasteiger partial charge in [-0.3, -0.25) is 4.79 Å². The van der Waals surface area contributed by atoms with Crippen molar-refractivity contribution in [1.82, 2.24) is 9.47 Å². The number of amides is 1. The van der Waals surface area contributed by atoms with Crippen LogP contribution in [0, 0.1) is 0 Å². The van der Waals surface area contributed by atoms with Gasteiger partial charge in [0.1, 0.15) is 5.69 Å². The molecule has 16 heavy (non-hydrogen) atoms. The second-order valence-electron chi connectivity index (χ2n) is 4.83. The minimum absolute atomic E-state index is 0.143. The number of likely N-dealkylation sites (tertiary alicyclic amines) is 1. The molecule has 2 heterocycles. The number of rotatable bonds is 2. The van der Waals surface area contributed by atoms with E-state index in [1.54, 1.807) is 0 Å². The number of hydrogen-bond acceptors (Lipinski definition) is 2. The summed E-state index contributed by atoms with van der Waals surface area (Å²) >= 11 is 0. The molecule has 4 nitrogen and oxygen atoms in total. The number of hydrogen-bond donors (Lipinski definition) is 1. The Hall–Kier alpha value is -1.29. The highest BCUT2D eigenvalue weighted by molar-refractivity contribution is 5.93. The molecule has 3 rings (SSSR count). The van der Waals surface area contributed by atoms with Crippen molar-refractivity contribution in [2.24, 2.45) is 5.73 Å². The molecular weight excluding hydrogens is 202 g/mol. The Labute approximate surface area is 95.0 Å². The fourth-order valence-electron chi connectivity index (χ4n) is 2.38. The Bertz CT molecular complexity index is 408. The van der Waals surface area contributed by atoms with E-state index >= 15 is 0 Å². The van der Waals surface area contributed by atoms with Gasteiger partial charge in [-0.25, -0.2) is 0 Å². The summed E-state index contributed by atoms with van der Waals surface area (Å²) in [5, 5.41) is 0. The van der Waals surface area contributed by atoms with Crippen LogP contribution in [-0.4, -0.2) is 34.5 Å². The van der Waals surface area contributed by atoms with Gasteiger partial charge >= 0.3 is 0 Å². The van der Waals surface area contributed by atoms with E-state index in [9.17, 15) is 4.79 Å². The van der Waals surface area contributed by atoms with Crippen molar-refractivity contribution in [2.75, 3.05) is 13.1 Å². The van der Waals surface area contributed by atoms with Crippen molar-refractivity contribution in [3.8, 4) is 0 Å². The SMILES string of the molecule is NC1CCN(C(=O)c2cccn2C2CC2)C1. The number of nitrogens with two attached hydrogens (primary N) is 1. The van der Waals surface area contributed by atoms with Crippen LogP contribution < -0.4 is 5.73 Å². The number of carbonyl (C=O) groups is 1. The first-order valence-corrected chi connectivity index (χ1v) is 5.97. The molecule has 0 aromatic carbocycles. The maximum Gasteiger partial charge on any atom is 0.270 e. The third kappa shape index (κ3) is 1.63. The highest BCUT2D eigenvalue weighted by Gasteiger charge is 2.30. The third-order valence-electron chi connectivity index (χ3n) is 3.45. The maximum absolute atomic E-state index is 12.3. The first-order valence-electron chi connectivity index (χ1n) is 5.97. The predicted octanol–water partition coefficient (Wildman–Crippen LogP) is 0.996. The molecule has 1 aromatic heterocycles. The van der Waals surface area contributed by atoms with E-state index in [4.69, 9.17) is 5.73 Å². The number of nitrogens with zero attached hydrogens (tertiary/aromatic N) is 2. The third-order valence-corrected chi connectivity index (χ3v) is 3.45. The van der Waals surface area contributed by atoms with E-state index in [0.717, 1.165) is 18.7 Å². The lowest BCUT2D eigenvalue weighted by atomic mass is 10.3. The minimum Gasteiger partial charge on any atom is -0.340 e. The molecule has 0 bridgehead atoms. The fourth-order valence-corrected chi connectivity index (χ4v) is 2.38. The van der Waals surface area contributed by atoms with Crippen LogP contribution in [0.3, 0.4) is 0 Å². The fraction of sp³-hybridized carbons (Fsp3) is 0.583. The summed E-state index contributed by atoms with van der Waals surface area (Å²) in [7, 11) is 0. The van der Waals surface area contributed by atoms with Crippen molar-refractivity contribution in [2.45, 2.75) is 31.3 Å². The average molecular weight is 219 g/mol. The average Bonchev–Trinajstić information content (AvgIpc) is 2.85. The summed E-state index contributed by atoms with van der Waals surface area (Å²) < 4.78 is 2.12. The first-order chi connectivity index (χ1) is 7.75. The van der Waals surface area contributed by atoms with E-state index in [-0.39, 0.29) is 11.9 Å². The van der Waals surface area contributed by atoms with Crippen molar-refractivity contribution in [3.63, 3.8) is 0 Å². The summed E-state index contributed by atoms with van der Waals surface area (Å²) in [6.07, 6.45) is 5.35. The zero-order chi connectivity index (χ0) is 11.1. The Morgan fingerprint density at radius 2 is 2.19 bits per heavy atom. The van der Waals surface area contributed by atoms with Gasteiger partial charge in [0.2, 0.25) is 0 Å². The Morgan fingerprint density at radius 1 is 1.38 bits per heavy atom. The van der Waals surface area contributed by atoms with Crippen LogP contribution in [0.5, 0.6) is 0 Å². The molecule has 0 radical (unpaired) electrons. The normalized spacial score (nSPS) is 25.1. The van der Waals surface area contributed by atoms with Gasteiger partial charge in [-0.05, 0) is 31.4 Å². The molecule has 0 spiro atoms. The summed E-state index contributed by atoms with van der Waals surface area (Å²) in [6.45, 7) is 1.50. The topological polar surface area (TPSA) is 51.3 Å². The van der Waals surface area contributed by atoms with E-state index in [2.05, 4.69) is 4.57 Å². The molecule has 1 atom stereocenters. The molecule has 4 heteroatoms. The van der Waals surface area contributed by atoms with Gasteiger partial charge in [0.25, 0.3) is 5.91 Å². The quantitative estimate of drug-likeness (QED) is 0.806. The van der Waals surface area contributed by atoms with Crippen LogP contribution in [0.1, 0.15) is 35.8 Å². The molecule has 1 aliphatic carbocycles. The van der Waals surface area contributed by atoms with Crippen molar-refractivity contribution < 1.29 is 4.79 Å². The summed E-state index contributed by atoms with van der Waals surface area (Å²) in [4.78, 5) is 14.1. The monoisotopic (exact) mass is 219 g/mol. The molecule has 1 saturated heterocycles. The van der Waals surface area contributed by atoms with Gasteiger partial charge in [-0.15, -0.1) is 0 Å². The zero-order valence-corrected chi connectivity index (χ0v) is 9.30. The van der Waals surface area contributed by atoms with Crippen molar-refractivity contribution in [1.29, 1.82) is 0 Å².